The highest BCUT2D eigenvalue weighted by Crippen LogP contribution is 2.26. The zero-order chi connectivity index (χ0) is 12.1. The molecule has 2 heteroatoms. The van der Waals surface area contributed by atoms with Gasteiger partial charge in [0.15, 0.2) is 0 Å². The standard InChI is InChI=1S/C15H24N2/c1-3-7-15(14-8-5-4-6-9-14)17-12-10-16(2)11-13-17/h4-6,8-9,15H,3,7,10-13H2,1-2H3. The number of likely N-dealkylation sites (N-methyl/N-ethyl adjacent to an activating group) is 1. The smallest absolute Gasteiger partial charge is 0.0349 e. The van der Waals surface area contributed by atoms with Gasteiger partial charge in [-0.15, -0.1) is 0 Å². The maximum atomic E-state index is 2.65. The molecule has 0 saturated carbocycles. The Morgan fingerprint density at radius 2 is 1.71 bits per heavy atom. The molecule has 0 spiro atoms. The first-order valence-electron chi connectivity index (χ1n) is 6.79. The first kappa shape index (κ1) is 12.6. The maximum absolute atomic E-state index is 2.65. The molecule has 1 saturated heterocycles. The van der Waals surface area contributed by atoms with Gasteiger partial charge < -0.3 is 4.90 Å². The largest absolute Gasteiger partial charge is 0.304 e. The Labute approximate surface area is 105 Å². The van der Waals surface area contributed by atoms with Crippen molar-refractivity contribution in [3.8, 4) is 0 Å². The molecule has 2 nitrogen and oxygen atoms in total. The van der Waals surface area contributed by atoms with Crippen LogP contribution in [0.15, 0.2) is 30.3 Å². The van der Waals surface area contributed by atoms with E-state index in [2.05, 4.69) is 54.1 Å². The molecule has 94 valence electrons. The average Bonchev–Trinajstić information content (AvgIpc) is 2.38. The van der Waals surface area contributed by atoms with E-state index in [0.29, 0.717) is 6.04 Å². The fourth-order valence-electron chi connectivity index (χ4n) is 2.64. The molecule has 1 aromatic carbocycles. The van der Waals surface area contributed by atoms with Crippen LogP contribution in [0.5, 0.6) is 0 Å². The summed E-state index contributed by atoms with van der Waals surface area (Å²) in [5, 5.41) is 0. The Morgan fingerprint density at radius 3 is 2.29 bits per heavy atom. The van der Waals surface area contributed by atoms with Gasteiger partial charge in [-0.2, -0.15) is 0 Å². The number of hydrogen-bond acceptors (Lipinski definition) is 2. The van der Waals surface area contributed by atoms with Crippen molar-refractivity contribution in [3.05, 3.63) is 35.9 Å². The predicted molar refractivity (Wildman–Crippen MR) is 73.2 cm³/mol. The topological polar surface area (TPSA) is 6.48 Å². The first-order valence-corrected chi connectivity index (χ1v) is 6.79. The zero-order valence-electron chi connectivity index (χ0n) is 11.1. The molecule has 17 heavy (non-hydrogen) atoms. The van der Waals surface area contributed by atoms with E-state index in [1.165, 1.54) is 44.6 Å². The number of hydrogen-bond donors (Lipinski definition) is 0. The second kappa shape index (κ2) is 6.18. The summed E-state index contributed by atoms with van der Waals surface area (Å²) in [6.07, 6.45) is 2.53. The van der Waals surface area contributed by atoms with Gasteiger partial charge in [-0.25, -0.2) is 0 Å². The van der Waals surface area contributed by atoms with Crippen molar-refractivity contribution >= 4 is 0 Å². The molecule has 1 unspecified atom stereocenters. The molecule has 1 aliphatic rings. The van der Waals surface area contributed by atoms with Crippen LogP contribution >= 0.6 is 0 Å². The summed E-state index contributed by atoms with van der Waals surface area (Å²) in [4.78, 5) is 5.07. The first-order chi connectivity index (χ1) is 8.31. The minimum absolute atomic E-state index is 0.620. The molecule has 0 aliphatic carbocycles. The highest BCUT2D eigenvalue weighted by atomic mass is 15.3. The predicted octanol–water partition coefficient (Wildman–Crippen LogP) is 2.78. The zero-order valence-corrected chi connectivity index (χ0v) is 11.1. The molecular formula is C15H24N2. The fourth-order valence-corrected chi connectivity index (χ4v) is 2.64. The fraction of sp³-hybridized carbons (Fsp3) is 0.600. The molecule has 0 aromatic heterocycles. The van der Waals surface area contributed by atoms with E-state index < -0.39 is 0 Å². The molecule has 0 bridgehead atoms. The molecule has 0 amide bonds. The van der Waals surface area contributed by atoms with Crippen LogP contribution in [0.3, 0.4) is 0 Å². The molecule has 1 aromatic rings. The van der Waals surface area contributed by atoms with Crippen LogP contribution in [0, 0.1) is 0 Å². The van der Waals surface area contributed by atoms with Gasteiger partial charge in [-0.1, -0.05) is 43.7 Å². The van der Waals surface area contributed by atoms with Crippen molar-refractivity contribution in [1.82, 2.24) is 9.80 Å². The van der Waals surface area contributed by atoms with Crippen molar-refractivity contribution < 1.29 is 0 Å². The quantitative estimate of drug-likeness (QED) is 0.787. The Hall–Kier alpha value is -0.860. The molecule has 1 aliphatic heterocycles. The molecule has 1 atom stereocenters. The Morgan fingerprint density at radius 1 is 1.06 bits per heavy atom. The van der Waals surface area contributed by atoms with Crippen LogP contribution < -0.4 is 0 Å². The van der Waals surface area contributed by atoms with Crippen molar-refractivity contribution in [2.45, 2.75) is 25.8 Å². The lowest BCUT2D eigenvalue weighted by molar-refractivity contribution is 0.106. The third-order valence-corrected chi connectivity index (χ3v) is 3.73. The molecule has 0 radical (unpaired) electrons. The van der Waals surface area contributed by atoms with Gasteiger partial charge in [-0.05, 0) is 19.0 Å². The van der Waals surface area contributed by atoms with E-state index >= 15 is 0 Å². The Kier molecular flexibility index (Phi) is 4.57. The van der Waals surface area contributed by atoms with Gasteiger partial charge in [0.2, 0.25) is 0 Å². The number of piperazine rings is 1. The normalized spacial score (nSPS) is 20.4. The van der Waals surface area contributed by atoms with Gasteiger partial charge in [0.25, 0.3) is 0 Å². The number of rotatable bonds is 4. The van der Waals surface area contributed by atoms with Crippen molar-refractivity contribution in [2.75, 3.05) is 33.2 Å². The van der Waals surface area contributed by atoms with Crippen LogP contribution in [-0.2, 0) is 0 Å². The molecule has 1 heterocycles. The molecule has 2 rings (SSSR count). The van der Waals surface area contributed by atoms with Crippen LogP contribution in [0.25, 0.3) is 0 Å². The lowest BCUT2D eigenvalue weighted by atomic mass is 10.00. The lowest BCUT2D eigenvalue weighted by Crippen LogP contribution is -2.45. The molecular weight excluding hydrogens is 208 g/mol. The van der Waals surface area contributed by atoms with E-state index in [-0.39, 0.29) is 0 Å². The highest BCUT2D eigenvalue weighted by Gasteiger charge is 2.22. The minimum Gasteiger partial charge on any atom is -0.304 e. The molecule has 0 N–H and O–H groups in total. The summed E-state index contributed by atoms with van der Waals surface area (Å²) < 4.78 is 0. The van der Waals surface area contributed by atoms with Crippen molar-refractivity contribution in [3.63, 3.8) is 0 Å². The summed E-state index contributed by atoms with van der Waals surface area (Å²) in [6, 6.07) is 11.6. The van der Waals surface area contributed by atoms with E-state index in [1.807, 2.05) is 0 Å². The lowest BCUT2D eigenvalue weighted by Gasteiger charge is -2.38. The van der Waals surface area contributed by atoms with Gasteiger partial charge in [0.1, 0.15) is 0 Å². The van der Waals surface area contributed by atoms with Gasteiger partial charge in [0.05, 0.1) is 0 Å². The van der Waals surface area contributed by atoms with Crippen LogP contribution in [0.2, 0.25) is 0 Å². The monoisotopic (exact) mass is 232 g/mol. The average molecular weight is 232 g/mol. The molecule has 1 fully saturated rings. The summed E-state index contributed by atoms with van der Waals surface area (Å²) in [7, 11) is 2.22. The van der Waals surface area contributed by atoms with E-state index in [0.717, 1.165) is 0 Å². The second-order valence-electron chi connectivity index (χ2n) is 5.05. The highest BCUT2D eigenvalue weighted by molar-refractivity contribution is 5.19. The van der Waals surface area contributed by atoms with Crippen molar-refractivity contribution in [2.24, 2.45) is 0 Å². The van der Waals surface area contributed by atoms with Crippen LogP contribution in [0.1, 0.15) is 31.4 Å². The van der Waals surface area contributed by atoms with E-state index in [4.69, 9.17) is 0 Å². The van der Waals surface area contributed by atoms with Gasteiger partial charge in [0, 0.05) is 32.2 Å². The Balaban J connectivity index is 2.07. The number of nitrogens with zero attached hydrogens (tertiary/aromatic N) is 2. The second-order valence-corrected chi connectivity index (χ2v) is 5.05. The minimum atomic E-state index is 0.620. The SMILES string of the molecule is CCCC(c1ccccc1)N1CCN(C)CC1. The van der Waals surface area contributed by atoms with Gasteiger partial charge >= 0.3 is 0 Å². The maximum Gasteiger partial charge on any atom is 0.0349 e. The summed E-state index contributed by atoms with van der Waals surface area (Å²) in [5.74, 6) is 0. The summed E-state index contributed by atoms with van der Waals surface area (Å²) in [5.41, 5.74) is 1.49. The third kappa shape index (κ3) is 3.30. The van der Waals surface area contributed by atoms with E-state index in [1.54, 1.807) is 0 Å². The van der Waals surface area contributed by atoms with Crippen LogP contribution in [-0.4, -0.2) is 43.0 Å². The third-order valence-electron chi connectivity index (χ3n) is 3.73. The van der Waals surface area contributed by atoms with E-state index in [9.17, 15) is 0 Å². The van der Waals surface area contributed by atoms with Crippen molar-refractivity contribution in [1.29, 1.82) is 0 Å². The van der Waals surface area contributed by atoms with Gasteiger partial charge in [-0.3, -0.25) is 4.90 Å². The summed E-state index contributed by atoms with van der Waals surface area (Å²) >= 11 is 0. The number of benzene rings is 1. The Bertz CT molecular complexity index is 315. The van der Waals surface area contributed by atoms with Crippen LogP contribution in [0.4, 0.5) is 0 Å². The summed E-state index contributed by atoms with van der Waals surface area (Å²) in [6.45, 7) is 7.10.